The fourth-order valence-corrected chi connectivity index (χ4v) is 1.95. The molecule has 1 heterocycles. The van der Waals surface area contributed by atoms with Gasteiger partial charge in [-0.2, -0.15) is 0 Å². The van der Waals surface area contributed by atoms with Crippen molar-refractivity contribution in [1.82, 2.24) is 15.2 Å². The van der Waals surface area contributed by atoms with Crippen molar-refractivity contribution in [3.8, 4) is 0 Å². The predicted octanol–water partition coefficient (Wildman–Crippen LogP) is 0.829. The summed E-state index contributed by atoms with van der Waals surface area (Å²) < 4.78 is 0. The highest BCUT2D eigenvalue weighted by Crippen LogP contribution is 2.14. The molecule has 1 aromatic carbocycles. The highest BCUT2D eigenvalue weighted by molar-refractivity contribution is 5.99. The van der Waals surface area contributed by atoms with Gasteiger partial charge in [-0.1, -0.05) is 18.2 Å². The number of para-hydroxylation sites is 1. The topological polar surface area (TPSA) is 102 Å². The van der Waals surface area contributed by atoms with Crippen molar-refractivity contribution in [2.45, 2.75) is 13.0 Å². The van der Waals surface area contributed by atoms with Crippen molar-refractivity contribution in [3.63, 3.8) is 0 Å². The van der Waals surface area contributed by atoms with Crippen LogP contribution in [0.4, 0.5) is 0 Å². The van der Waals surface area contributed by atoms with Crippen molar-refractivity contribution in [2.24, 2.45) is 0 Å². The molecule has 116 valence electrons. The Bertz CT molecular complexity index is 689. The number of aromatic amines is 1. The number of carboxylic acids is 1. The van der Waals surface area contributed by atoms with Crippen molar-refractivity contribution in [1.29, 1.82) is 0 Å². The van der Waals surface area contributed by atoms with Gasteiger partial charge in [-0.3, -0.25) is 9.59 Å². The molecule has 2 rings (SSSR count). The first-order chi connectivity index (χ1) is 10.4. The molecule has 0 aliphatic rings. The van der Waals surface area contributed by atoms with Crippen LogP contribution in [0.5, 0.6) is 0 Å². The molecule has 0 bridgehead atoms. The molecule has 1 atom stereocenters. The summed E-state index contributed by atoms with van der Waals surface area (Å²) in [6.07, 6.45) is 0. The van der Waals surface area contributed by atoms with Crippen LogP contribution in [0, 0.1) is 0 Å². The third kappa shape index (κ3) is 3.25. The van der Waals surface area contributed by atoms with E-state index in [9.17, 15) is 14.4 Å². The smallest absolute Gasteiger partial charge is 0.326 e. The molecule has 0 saturated carbocycles. The number of carbonyl (C=O) groups excluding carboxylic acids is 2. The standard InChI is InChI=1S/C15H17N3O4/c1-9(15(21)22)18(2)13(19)8-16-14(20)12-7-10-5-3-4-6-11(10)17-12/h3-7,9,17H,8H2,1-2H3,(H,16,20)(H,21,22). The van der Waals surface area contributed by atoms with Crippen LogP contribution in [-0.2, 0) is 9.59 Å². The van der Waals surface area contributed by atoms with Crippen molar-refractivity contribution >= 4 is 28.7 Å². The lowest BCUT2D eigenvalue weighted by molar-refractivity contribution is -0.147. The second-order valence-corrected chi connectivity index (χ2v) is 4.97. The number of likely N-dealkylation sites (N-methyl/N-ethyl adjacent to an activating group) is 1. The van der Waals surface area contributed by atoms with Crippen LogP contribution in [0.25, 0.3) is 10.9 Å². The minimum atomic E-state index is -1.10. The number of fused-ring (bicyclic) bond motifs is 1. The number of hydrogen-bond donors (Lipinski definition) is 3. The lowest BCUT2D eigenvalue weighted by Gasteiger charge is -2.21. The highest BCUT2D eigenvalue weighted by Gasteiger charge is 2.22. The lowest BCUT2D eigenvalue weighted by Crippen LogP contribution is -2.45. The molecular formula is C15H17N3O4. The van der Waals surface area contributed by atoms with E-state index in [0.29, 0.717) is 5.69 Å². The molecule has 0 spiro atoms. The minimum absolute atomic E-state index is 0.262. The maximum absolute atomic E-state index is 12.0. The third-order valence-electron chi connectivity index (χ3n) is 3.51. The van der Waals surface area contributed by atoms with Crippen LogP contribution in [0.1, 0.15) is 17.4 Å². The van der Waals surface area contributed by atoms with Crippen LogP contribution in [0.2, 0.25) is 0 Å². The van der Waals surface area contributed by atoms with Crippen LogP contribution < -0.4 is 5.32 Å². The monoisotopic (exact) mass is 303 g/mol. The molecule has 7 heteroatoms. The number of aromatic nitrogens is 1. The first-order valence-electron chi connectivity index (χ1n) is 6.74. The van der Waals surface area contributed by atoms with E-state index in [1.54, 1.807) is 6.07 Å². The highest BCUT2D eigenvalue weighted by atomic mass is 16.4. The predicted molar refractivity (Wildman–Crippen MR) is 80.5 cm³/mol. The quantitative estimate of drug-likeness (QED) is 0.761. The Kier molecular flexibility index (Phi) is 4.45. The summed E-state index contributed by atoms with van der Waals surface area (Å²) in [6.45, 7) is 1.14. The maximum atomic E-state index is 12.0. The van der Waals surface area contributed by atoms with Crippen molar-refractivity contribution < 1.29 is 19.5 Å². The van der Waals surface area contributed by atoms with E-state index in [1.165, 1.54) is 14.0 Å². The number of H-pyrrole nitrogens is 1. The van der Waals surface area contributed by atoms with E-state index >= 15 is 0 Å². The zero-order chi connectivity index (χ0) is 16.3. The summed E-state index contributed by atoms with van der Waals surface area (Å²) in [5.74, 6) is -1.99. The van der Waals surface area contributed by atoms with E-state index in [4.69, 9.17) is 5.11 Å². The molecule has 0 aliphatic heterocycles. The number of hydrogen-bond acceptors (Lipinski definition) is 3. The van der Waals surface area contributed by atoms with Gasteiger partial charge in [-0.05, 0) is 19.1 Å². The molecule has 0 radical (unpaired) electrons. The van der Waals surface area contributed by atoms with Crippen LogP contribution in [0.15, 0.2) is 30.3 Å². The molecule has 3 N–H and O–H groups in total. The number of rotatable bonds is 5. The Hall–Kier alpha value is -2.83. The summed E-state index contributed by atoms with van der Waals surface area (Å²) in [5, 5.41) is 12.2. The van der Waals surface area contributed by atoms with E-state index in [1.807, 2.05) is 24.3 Å². The fourth-order valence-electron chi connectivity index (χ4n) is 1.95. The van der Waals surface area contributed by atoms with Gasteiger partial charge in [0, 0.05) is 18.0 Å². The SMILES string of the molecule is CC(C(=O)O)N(C)C(=O)CNC(=O)c1cc2ccccc2[nH]1. The van der Waals surface area contributed by atoms with Gasteiger partial charge in [-0.25, -0.2) is 4.79 Å². The van der Waals surface area contributed by atoms with Crippen LogP contribution in [-0.4, -0.2) is 52.4 Å². The Labute approximate surface area is 126 Å². The van der Waals surface area contributed by atoms with Crippen molar-refractivity contribution in [3.05, 3.63) is 36.0 Å². The van der Waals surface area contributed by atoms with Gasteiger partial charge in [-0.15, -0.1) is 0 Å². The van der Waals surface area contributed by atoms with Gasteiger partial charge in [0.1, 0.15) is 11.7 Å². The van der Waals surface area contributed by atoms with Gasteiger partial charge in [0.2, 0.25) is 5.91 Å². The van der Waals surface area contributed by atoms with E-state index < -0.39 is 23.8 Å². The number of aliphatic carboxylic acids is 1. The molecule has 7 nitrogen and oxygen atoms in total. The van der Waals surface area contributed by atoms with E-state index in [2.05, 4.69) is 10.3 Å². The van der Waals surface area contributed by atoms with Gasteiger partial charge in [0.15, 0.2) is 0 Å². The number of nitrogens with zero attached hydrogens (tertiary/aromatic N) is 1. The second-order valence-electron chi connectivity index (χ2n) is 4.97. The summed E-state index contributed by atoms with van der Waals surface area (Å²) in [6, 6.07) is 8.18. The molecule has 2 aromatic rings. The maximum Gasteiger partial charge on any atom is 0.326 e. The average Bonchev–Trinajstić information content (AvgIpc) is 2.94. The average molecular weight is 303 g/mol. The third-order valence-corrected chi connectivity index (χ3v) is 3.51. The largest absolute Gasteiger partial charge is 0.480 e. The Morgan fingerprint density at radius 3 is 2.64 bits per heavy atom. The zero-order valence-electron chi connectivity index (χ0n) is 12.3. The zero-order valence-corrected chi connectivity index (χ0v) is 12.3. The van der Waals surface area contributed by atoms with Gasteiger partial charge >= 0.3 is 5.97 Å². The van der Waals surface area contributed by atoms with Gasteiger partial charge in [0.05, 0.1) is 6.54 Å². The molecule has 1 unspecified atom stereocenters. The molecular weight excluding hydrogens is 286 g/mol. The number of amides is 2. The first kappa shape index (κ1) is 15.6. The van der Waals surface area contributed by atoms with Crippen LogP contribution >= 0.6 is 0 Å². The summed E-state index contributed by atoms with van der Waals surface area (Å²) >= 11 is 0. The molecule has 1 aromatic heterocycles. The number of nitrogens with one attached hydrogen (secondary N) is 2. The summed E-state index contributed by atoms with van der Waals surface area (Å²) in [5.41, 5.74) is 1.18. The minimum Gasteiger partial charge on any atom is -0.480 e. The second kappa shape index (κ2) is 6.30. The lowest BCUT2D eigenvalue weighted by atomic mass is 10.2. The van der Waals surface area contributed by atoms with Gasteiger partial charge in [0.25, 0.3) is 5.91 Å². The van der Waals surface area contributed by atoms with Gasteiger partial charge < -0.3 is 20.3 Å². The molecule has 22 heavy (non-hydrogen) atoms. The van der Waals surface area contributed by atoms with Crippen molar-refractivity contribution in [2.75, 3.05) is 13.6 Å². The number of benzene rings is 1. The first-order valence-corrected chi connectivity index (χ1v) is 6.74. The summed E-state index contributed by atoms with van der Waals surface area (Å²) in [4.78, 5) is 38.7. The molecule has 0 saturated heterocycles. The van der Waals surface area contributed by atoms with E-state index in [0.717, 1.165) is 15.8 Å². The summed E-state index contributed by atoms with van der Waals surface area (Å²) in [7, 11) is 1.39. The number of carbonyl (C=O) groups is 3. The normalized spacial score (nSPS) is 11.9. The number of carboxylic acid groups (broad SMARTS) is 1. The van der Waals surface area contributed by atoms with Crippen LogP contribution in [0.3, 0.4) is 0 Å². The fraction of sp³-hybridized carbons (Fsp3) is 0.267. The van der Waals surface area contributed by atoms with E-state index in [-0.39, 0.29) is 6.54 Å². The Morgan fingerprint density at radius 2 is 2.00 bits per heavy atom. The molecule has 2 amide bonds. The Balaban J connectivity index is 1.97. The molecule has 0 aliphatic carbocycles. The molecule has 0 fully saturated rings. The Morgan fingerprint density at radius 1 is 1.32 bits per heavy atom.